The monoisotopic (exact) mass is 224 g/mol. The molecular weight excluding hydrogens is 196 g/mol. The highest BCUT2D eigenvalue weighted by Gasteiger charge is 2.27. The van der Waals surface area contributed by atoms with E-state index in [0.717, 1.165) is 17.9 Å². The van der Waals surface area contributed by atoms with Crippen LogP contribution >= 0.6 is 0 Å². The minimum absolute atomic E-state index is 0.450. The first-order valence-corrected chi connectivity index (χ1v) is 7.16. The Balaban J connectivity index is 1.76. The molecule has 94 valence electrons. The molecule has 0 heterocycles. The average molecular weight is 224 g/mol. The molecule has 0 aliphatic heterocycles. The lowest BCUT2D eigenvalue weighted by Gasteiger charge is -2.37. The minimum Gasteiger partial charge on any atom is -0.328 e. The van der Waals surface area contributed by atoms with E-state index in [1.807, 2.05) is 0 Å². The van der Waals surface area contributed by atoms with Crippen molar-refractivity contribution in [1.29, 1.82) is 0 Å². The number of nitrogens with one attached hydrogen (secondary N) is 1. The van der Waals surface area contributed by atoms with Gasteiger partial charge < -0.3 is 11.1 Å². The molecule has 5 unspecified atom stereocenters. The summed E-state index contributed by atoms with van der Waals surface area (Å²) >= 11 is 0. The van der Waals surface area contributed by atoms with Crippen LogP contribution in [0.25, 0.3) is 0 Å². The van der Waals surface area contributed by atoms with Crippen LogP contribution in [0.15, 0.2) is 0 Å². The van der Waals surface area contributed by atoms with Crippen LogP contribution in [0.5, 0.6) is 0 Å². The second-order valence-electron chi connectivity index (χ2n) is 6.25. The molecule has 0 aromatic heterocycles. The quantitative estimate of drug-likeness (QED) is 0.757. The molecular formula is C14H28N2. The van der Waals surface area contributed by atoms with Gasteiger partial charge in [0, 0.05) is 18.1 Å². The molecule has 2 aliphatic rings. The Hall–Kier alpha value is -0.0800. The molecule has 5 atom stereocenters. The largest absolute Gasteiger partial charge is 0.328 e. The van der Waals surface area contributed by atoms with Gasteiger partial charge in [-0.05, 0) is 50.4 Å². The van der Waals surface area contributed by atoms with Crippen molar-refractivity contribution in [2.24, 2.45) is 17.6 Å². The first-order valence-electron chi connectivity index (χ1n) is 7.16. The maximum Gasteiger partial charge on any atom is 0.00843 e. The molecule has 3 N–H and O–H groups in total. The van der Waals surface area contributed by atoms with Crippen molar-refractivity contribution >= 4 is 0 Å². The number of rotatable bonds is 2. The van der Waals surface area contributed by atoms with E-state index in [2.05, 4.69) is 19.2 Å². The van der Waals surface area contributed by atoms with Crippen LogP contribution in [0.3, 0.4) is 0 Å². The summed E-state index contributed by atoms with van der Waals surface area (Å²) in [6, 6.07) is 1.92. The van der Waals surface area contributed by atoms with E-state index in [1.165, 1.54) is 44.9 Å². The predicted octanol–water partition coefficient (Wildman–Crippen LogP) is 2.67. The van der Waals surface area contributed by atoms with Gasteiger partial charge in [-0.15, -0.1) is 0 Å². The Morgan fingerprint density at radius 2 is 1.62 bits per heavy atom. The summed E-state index contributed by atoms with van der Waals surface area (Å²) in [6.45, 7) is 4.81. The molecule has 2 rings (SSSR count). The third-order valence-corrected chi connectivity index (χ3v) is 4.78. The van der Waals surface area contributed by atoms with Gasteiger partial charge in [0.2, 0.25) is 0 Å². The SMILES string of the molecule is CC1CCC(NC2CCCC(N)C2)CC1C. The van der Waals surface area contributed by atoms with Gasteiger partial charge in [0.25, 0.3) is 0 Å². The molecule has 0 aromatic rings. The molecule has 2 nitrogen and oxygen atoms in total. The molecule has 16 heavy (non-hydrogen) atoms. The van der Waals surface area contributed by atoms with Gasteiger partial charge in [0.05, 0.1) is 0 Å². The fourth-order valence-electron chi connectivity index (χ4n) is 3.41. The van der Waals surface area contributed by atoms with E-state index in [4.69, 9.17) is 5.73 Å². The summed E-state index contributed by atoms with van der Waals surface area (Å²) in [5, 5.41) is 3.86. The van der Waals surface area contributed by atoms with Crippen LogP contribution in [-0.2, 0) is 0 Å². The maximum atomic E-state index is 6.04. The standard InChI is InChI=1S/C14H28N2/c1-10-6-7-14(8-11(10)2)16-13-5-3-4-12(15)9-13/h10-14,16H,3-9,15H2,1-2H3. The van der Waals surface area contributed by atoms with Gasteiger partial charge in [0.15, 0.2) is 0 Å². The Bertz CT molecular complexity index is 217. The summed E-state index contributed by atoms with van der Waals surface area (Å²) in [4.78, 5) is 0. The van der Waals surface area contributed by atoms with Crippen LogP contribution in [0.4, 0.5) is 0 Å². The third-order valence-electron chi connectivity index (χ3n) is 4.78. The van der Waals surface area contributed by atoms with E-state index in [9.17, 15) is 0 Å². The van der Waals surface area contributed by atoms with Crippen LogP contribution < -0.4 is 11.1 Å². The lowest BCUT2D eigenvalue weighted by atomic mass is 9.78. The molecule has 0 amide bonds. The van der Waals surface area contributed by atoms with E-state index < -0.39 is 0 Å². The van der Waals surface area contributed by atoms with Gasteiger partial charge in [-0.1, -0.05) is 20.3 Å². The summed E-state index contributed by atoms with van der Waals surface area (Å²) in [6.07, 6.45) is 9.23. The smallest absolute Gasteiger partial charge is 0.00843 e. The molecule has 2 saturated carbocycles. The average Bonchev–Trinajstić information content (AvgIpc) is 2.24. The van der Waals surface area contributed by atoms with E-state index in [0.29, 0.717) is 12.1 Å². The number of hydrogen-bond acceptors (Lipinski definition) is 2. The van der Waals surface area contributed by atoms with Gasteiger partial charge in [-0.2, -0.15) is 0 Å². The maximum absolute atomic E-state index is 6.04. The van der Waals surface area contributed by atoms with Crippen molar-refractivity contribution < 1.29 is 0 Å². The van der Waals surface area contributed by atoms with E-state index in [-0.39, 0.29) is 0 Å². The van der Waals surface area contributed by atoms with Gasteiger partial charge >= 0.3 is 0 Å². The number of hydrogen-bond donors (Lipinski definition) is 2. The Kier molecular flexibility index (Phi) is 4.26. The van der Waals surface area contributed by atoms with E-state index in [1.54, 1.807) is 0 Å². The summed E-state index contributed by atoms with van der Waals surface area (Å²) in [5.74, 6) is 1.81. The van der Waals surface area contributed by atoms with Crippen molar-refractivity contribution in [1.82, 2.24) is 5.32 Å². The first-order chi connectivity index (χ1) is 7.65. The molecule has 0 radical (unpaired) electrons. The van der Waals surface area contributed by atoms with Crippen molar-refractivity contribution in [2.45, 2.75) is 76.9 Å². The Morgan fingerprint density at radius 1 is 0.875 bits per heavy atom. The summed E-state index contributed by atoms with van der Waals surface area (Å²) in [5.41, 5.74) is 6.04. The van der Waals surface area contributed by atoms with Crippen LogP contribution in [0.2, 0.25) is 0 Å². The summed E-state index contributed by atoms with van der Waals surface area (Å²) in [7, 11) is 0. The molecule has 2 heteroatoms. The number of nitrogens with two attached hydrogens (primary N) is 1. The van der Waals surface area contributed by atoms with Crippen LogP contribution in [0.1, 0.15) is 58.8 Å². The predicted molar refractivity (Wildman–Crippen MR) is 69.3 cm³/mol. The normalized spacial score (nSPS) is 45.6. The molecule has 0 aromatic carbocycles. The molecule has 0 bridgehead atoms. The topological polar surface area (TPSA) is 38.0 Å². The highest BCUT2D eigenvalue weighted by Crippen LogP contribution is 2.30. The fraction of sp³-hybridized carbons (Fsp3) is 1.00. The van der Waals surface area contributed by atoms with E-state index >= 15 is 0 Å². The lowest BCUT2D eigenvalue weighted by Crippen LogP contribution is -2.46. The highest BCUT2D eigenvalue weighted by atomic mass is 15.0. The van der Waals surface area contributed by atoms with Crippen molar-refractivity contribution in [3.63, 3.8) is 0 Å². The molecule has 0 spiro atoms. The summed E-state index contributed by atoms with van der Waals surface area (Å²) < 4.78 is 0. The van der Waals surface area contributed by atoms with Crippen molar-refractivity contribution in [3.05, 3.63) is 0 Å². The molecule has 2 aliphatic carbocycles. The fourth-order valence-corrected chi connectivity index (χ4v) is 3.41. The van der Waals surface area contributed by atoms with Crippen LogP contribution in [0, 0.1) is 11.8 Å². The van der Waals surface area contributed by atoms with Gasteiger partial charge in [-0.3, -0.25) is 0 Å². The highest BCUT2D eigenvalue weighted by molar-refractivity contribution is 4.86. The first kappa shape index (κ1) is 12.4. The van der Waals surface area contributed by atoms with Gasteiger partial charge in [-0.25, -0.2) is 0 Å². The minimum atomic E-state index is 0.450. The van der Waals surface area contributed by atoms with Gasteiger partial charge in [0.1, 0.15) is 0 Å². The second-order valence-corrected chi connectivity index (χ2v) is 6.25. The molecule has 2 fully saturated rings. The second kappa shape index (κ2) is 5.50. The third kappa shape index (κ3) is 3.21. The molecule has 0 saturated heterocycles. The zero-order valence-corrected chi connectivity index (χ0v) is 10.9. The zero-order valence-electron chi connectivity index (χ0n) is 10.9. The lowest BCUT2D eigenvalue weighted by molar-refractivity contribution is 0.200. The van der Waals surface area contributed by atoms with Crippen LogP contribution in [-0.4, -0.2) is 18.1 Å². The Morgan fingerprint density at radius 3 is 2.31 bits per heavy atom. The van der Waals surface area contributed by atoms with Crippen molar-refractivity contribution in [2.75, 3.05) is 0 Å². The Labute approximate surface area is 100 Å². The zero-order chi connectivity index (χ0) is 11.5. The van der Waals surface area contributed by atoms with Crippen molar-refractivity contribution in [3.8, 4) is 0 Å².